The second-order valence-corrected chi connectivity index (χ2v) is 2.76. The van der Waals surface area contributed by atoms with Crippen LogP contribution in [0.15, 0.2) is 4.40 Å². The molecule has 0 heterocycles. The Morgan fingerprint density at radius 1 is 1.20 bits per heavy atom. The highest BCUT2D eigenvalue weighted by atomic mass is 32.2. The summed E-state index contributed by atoms with van der Waals surface area (Å²) in [5, 5.41) is -0.111. The lowest BCUT2D eigenvalue weighted by Crippen LogP contribution is -2.03. The standard InChI is InChI=1S/C6H9NO2S/c1-4(5(2)8)7-10-6(3)9/h1-3H3/b7-4+. The maximum atomic E-state index is 10.5. The molecular weight excluding hydrogens is 150 g/mol. The number of carbonyl (C=O) groups is 2. The first kappa shape index (κ1) is 9.36. The number of rotatable bonds is 2. The average Bonchev–Trinajstić information content (AvgIpc) is 1.82. The van der Waals surface area contributed by atoms with Crippen molar-refractivity contribution in [2.24, 2.45) is 4.40 Å². The van der Waals surface area contributed by atoms with E-state index in [9.17, 15) is 9.59 Å². The fourth-order valence-electron chi connectivity index (χ4n) is 0.197. The van der Waals surface area contributed by atoms with Crippen molar-refractivity contribution in [3.05, 3.63) is 0 Å². The van der Waals surface area contributed by atoms with E-state index in [2.05, 4.69) is 4.40 Å². The van der Waals surface area contributed by atoms with Crippen LogP contribution < -0.4 is 0 Å². The lowest BCUT2D eigenvalue weighted by molar-refractivity contribution is -0.111. The molecule has 0 spiro atoms. The average molecular weight is 159 g/mol. The van der Waals surface area contributed by atoms with E-state index in [0.717, 1.165) is 11.9 Å². The fraction of sp³-hybridized carbons (Fsp3) is 0.500. The van der Waals surface area contributed by atoms with Gasteiger partial charge in [0.15, 0.2) is 5.78 Å². The molecule has 0 atom stereocenters. The van der Waals surface area contributed by atoms with Gasteiger partial charge in [-0.1, -0.05) is 0 Å². The van der Waals surface area contributed by atoms with Gasteiger partial charge in [-0.3, -0.25) is 9.59 Å². The van der Waals surface area contributed by atoms with Gasteiger partial charge in [0.25, 0.3) is 0 Å². The van der Waals surface area contributed by atoms with Crippen LogP contribution in [-0.4, -0.2) is 16.6 Å². The van der Waals surface area contributed by atoms with Crippen LogP contribution in [-0.2, 0) is 9.59 Å². The summed E-state index contributed by atoms with van der Waals surface area (Å²) in [6, 6.07) is 0. The summed E-state index contributed by atoms with van der Waals surface area (Å²) >= 11 is 0.796. The van der Waals surface area contributed by atoms with Crippen molar-refractivity contribution in [3.63, 3.8) is 0 Å². The molecule has 0 fully saturated rings. The minimum absolute atomic E-state index is 0.103. The van der Waals surface area contributed by atoms with E-state index in [1.54, 1.807) is 6.92 Å². The summed E-state index contributed by atoms with van der Waals surface area (Å²) in [4.78, 5) is 20.8. The molecule has 0 aromatic carbocycles. The maximum Gasteiger partial charge on any atom is 0.207 e. The molecule has 0 saturated carbocycles. The predicted molar refractivity (Wildman–Crippen MR) is 42.1 cm³/mol. The molecule has 0 radical (unpaired) electrons. The molecule has 0 N–H and O–H groups in total. The number of hydrogen-bond donors (Lipinski definition) is 0. The molecule has 0 amide bonds. The topological polar surface area (TPSA) is 46.5 Å². The zero-order chi connectivity index (χ0) is 8.15. The van der Waals surface area contributed by atoms with Crippen molar-refractivity contribution in [2.75, 3.05) is 0 Å². The smallest absolute Gasteiger partial charge is 0.207 e. The third-order valence-corrected chi connectivity index (χ3v) is 1.44. The van der Waals surface area contributed by atoms with Gasteiger partial charge in [-0.05, 0) is 6.92 Å². The van der Waals surface area contributed by atoms with Gasteiger partial charge in [0.1, 0.15) is 0 Å². The molecule has 0 rings (SSSR count). The minimum atomic E-state index is -0.111. The second-order valence-electron chi connectivity index (χ2n) is 1.82. The van der Waals surface area contributed by atoms with E-state index in [1.807, 2.05) is 0 Å². The van der Waals surface area contributed by atoms with Crippen LogP contribution in [0.2, 0.25) is 0 Å². The number of hydrogen-bond acceptors (Lipinski definition) is 4. The molecule has 0 aromatic rings. The van der Waals surface area contributed by atoms with Gasteiger partial charge in [-0.2, -0.15) is 0 Å². The molecule has 0 bridgehead atoms. The van der Waals surface area contributed by atoms with E-state index in [-0.39, 0.29) is 10.9 Å². The fourth-order valence-corrected chi connectivity index (χ4v) is 0.591. The Bertz CT molecular complexity index is 186. The molecular formula is C6H9NO2S. The highest BCUT2D eigenvalue weighted by molar-refractivity contribution is 8.12. The lowest BCUT2D eigenvalue weighted by atomic mass is 10.3. The number of ketones is 1. The Hall–Kier alpha value is -0.640. The normalized spacial score (nSPS) is 11.3. The molecule has 4 heteroatoms. The SMILES string of the molecule is CC(=O)S/N=C(\C)C(C)=O. The third kappa shape index (κ3) is 4.26. The second kappa shape index (κ2) is 4.22. The third-order valence-electron chi connectivity index (χ3n) is 0.821. The molecule has 3 nitrogen and oxygen atoms in total. The monoisotopic (exact) mass is 159 g/mol. The van der Waals surface area contributed by atoms with Gasteiger partial charge in [0.05, 0.1) is 5.71 Å². The maximum absolute atomic E-state index is 10.5. The minimum Gasteiger partial charge on any atom is -0.293 e. The van der Waals surface area contributed by atoms with Crippen LogP contribution in [0.1, 0.15) is 20.8 Å². The molecule has 56 valence electrons. The van der Waals surface area contributed by atoms with Crippen LogP contribution in [0.4, 0.5) is 0 Å². The van der Waals surface area contributed by atoms with Crippen LogP contribution in [0.25, 0.3) is 0 Å². The Balaban J connectivity index is 3.92. The summed E-state index contributed by atoms with van der Waals surface area (Å²) in [7, 11) is 0. The number of nitrogens with zero attached hydrogens (tertiary/aromatic N) is 1. The van der Waals surface area contributed by atoms with E-state index in [0.29, 0.717) is 5.71 Å². The van der Waals surface area contributed by atoms with Crippen molar-refractivity contribution >= 4 is 28.6 Å². The Kier molecular flexibility index (Phi) is 3.95. The van der Waals surface area contributed by atoms with Crippen LogP contribution in [0.5, 0.6) is 0 Å². The molecule has 0 aliphatic rings. The predicted octanol–water partition coefficient (Wildman–Crippen LogP) is 1.23. The van der Waals surface area contributed by atoms with Crippen LogP contribution in [0, 0.1) is 0 Å². The molecule has 0 aliphatic carbocycles. The molecule has 0 unspecified atom stereocenters. The van der Waals surface area contributed by atoms with Crippen molar-refractivity contribution in [1.29, 1.82) is 0 Å². The summed E-state index contributed by atoms with van der Waals surface area (Å²) in [5.41, 5.74) is 0.375. The highest BCUT2D eigenvalue weighted by Gasteiger charge is 1.98. The summed E-state index contributed by atoms with van der Waals surface area (Å²) in [6.45, 7) is 4.40. The molecule has 0 aliphatic heterocycles. The Labute approximate surface area is 64.0 Å². The summed E-state index contributed by atoms with van der Waals surface area (Å²) < 4.78 is 3.66. The zero-order valence-corrected chi connectivity index (χ0v) is 6.99. The summed E-state index contributed by atoms with van der Waals surface area (Å²) in [5.74, 6) is -0.103. The first-order chi connectivity index (χ1) is 4.54. The van der Waals surface area contributed by atoms with Gasteiger partial charge < -0.3 is 0 Å². The van der Waals surface area contributed by atoms with Gasteiger partial charge in [-0.25, -0.2) is 4.40 Å². The van der Waals surface area contributed by atoms with E-state index in [1.165, 1.54) is 13.8 Å². The summed E-state index contributed by atoms with van der Waals surface area (Å²) in [6.07, 6.45) is 0. The molecule has 0 saturated heterocycles. The van der Waals surface area contributed by atoms with Crippen molar-refractivity contribution in [1.82, 2.24) is 0 Å². The first-order valence-corrected chi connectivity index (χ1v) is 3.54. The number of carbonyl (C=O) groups excluding carboxylic acids is 2. The van der Waals surface area contributed by atoms with Crippen molar-refractivity contribution < 1.29 is 9.59 Å². The lowest BCUT2D eigenvalue weighted by Gasteiger charge is -1.89. The Morgan fingerprint density at radius 3 is 2.00 bits per heavy atom. The molecule has 0 aromatic heterocycles. The van der Waals surface area contributed by atoms with Gasteiger partial charge in [-0.15, -0.1) is 0 Å². The van der Waals surface area contributed by atoms with E-state index < -0.39 is 0 Å². The first-order valence-electron chi connectivity index (χ1n) is 2.77. The largest absolute Gasteiger partial charge is 0.293 e. The van der Waals surface area contributed by atoms with Crippen molar-refractivity contribution in [3.8, 4) is 0 Å². The number of Topliss-reactive ketones (excluding diaryl/α,β-unsaturated/α-hetero) is 1. The Morgan fingerprint density at radius 2 is 1.70 bits per heavy atom. The highest BCUT2D eigenvalue weighted by Crippen LogP contribution is 2.02. The van der Waals surface area contributed by atoms with E-state index in [4.69, 9.17) is 0 Å². The van der Waals surface area contributed by atoms with Crippen molar-refractivity contribution in [2.45, 2.75) is 20.8 Å². The van der Waals surface area contributed by atoms with Gasteiger partial charge in [0.2, 0.25) is 5.12 Å². The van der Waals surface area contributed by atoms with Gasteiger partial charge in [0, 0.05) is 25.8 Å². The quantitative estimate of drug-likeness (QED) is 0.449. The van der Waals surface area contributed by atoms with Crippen LogP contribution >= 0.6 is 11.9 Å². The van der Waals surface area contributed by atoms with E-state index >= 15 is 0 Å². The van der Waals surface area contributed by atoms with Crippen LogP contribution in [0.3, 0.4) is 0 Å². The molecule has 10 heavy (non-hydrogen) atoms. The van der Waals surface area contributed by atoms with Gasteiger partial charge >= 0.3 is 0 Å². The zero-order valence-electron chi connectivity index (χ0n) is 6.17.